The molecule has 1 amide bonds. The van der Waals surface area contributed by atoms with Crippen molar-refractivity contribution in [1.29, 1.82) is 0 Å². The van der Waals surface area contributed by atoms with Gasteiger partial charge in [-0.2, -0.15) is 0 Å². The van der Waals surface area contributed by atoms with E-state index in [9.17, 15) is 4.79 Å². The molecule has 0 bridgehead atoms. The first kappa shape index (κ1) is 16.6. The van der Waals surface area contributed by atoms with Crippen LogP contribution in [0.2, 0.25) is 0 Å². The number of halogens is 1. The Bertz CT molecular complexity index is 1060. The maximum Gasteiger partial charge on any atom is 0.255 e. The number of hydrogen-bond donors (Lipinski definition) is 1. The summed E-state index contributed by atoms with van der Waals surface area (Å²) in [5, 5.41) is 5.33. The van der Waals surface area contributed by atoms with E-state index in [1.807, 2.05) is 60.7 Å². The van der Waals surface area contributed by atoms with E-state index in [4.69, 9.17) is 0 Å². The second-order valence-electron chi connectivity index (χ2n) is 6.07. The van der Waals surface area contributed by atoms with E-state index >= 15 is 0 Å². The predicted molar refractivity (Wildman–Crippen MR) is 111 cm³/mol. The van der Waals surface area contributed by atoms with E-state index in [1.54, 1.807) is 0 Å². The van der Waals surface area contributed by atoms with Gasteiger partial charge in [0.15, 0.2) is 0 Å². The highest BCUT2D eigenvalue weighted by molar-refractivity contribution is 9.10. The van der Waals surface area contributed by atoms with Crippen molar-refractivity contribution in [2.45, 2.75) is 0 Å². The highest BCUT2D eigenvalue weighted by atomic mass is 79.9. The Morgan fingerprint density at radius 3 is 2.19 bits per heavy atom. The first-order chi connectivity index (χ1) is 12.7. The van der Waals surface area contributed by atoms with Crippen molar-refractivity contribution >= 4 is 38.3 Å². The molecular formula is C23H16BrNO. The highest BCUT2D eigenvalue weighted by Gasteiger charge is 2.08. The predicted octanol–water partition coefficient (Wildman–Crippen LogP) is 6.52. The summed E-state index contributed by atoms with van der Waals surface area (Å²) in [4.78, 5) is 12.4. The number of fused-ring (bicyclic) bond motifs is 1. The minimum atomic E-state index is -0.114. The van der Waals surface area contributed by atoms with E-state index in [1.165, 1.54) is 16.3 Å². The quantitative estimate of drug-likeness (QED) is 0.415. The third-order valence-corrected chi connectivity index (χ3v) is 4.88. The smallest absolute Gasteiger partial charge is 0.255 e. The number of nitrogens with one attached hydrogen (secondary N) is 1. The van der Waals surface area contributed by atoms with Crippen molar-refractivity contribution in [3.8, 4) is 11.1 Å². The molecule has 4 aromatic carbocycles. The number of anilines is 1. The van der Waals surface area contributed by atoms with Crippen LogP contribution in [0, 0.1) is 0 Å². The lowest BCUT2D eigenvalue weighted by molar-refractivity contribution is 0.102. The SMILES string of the molecule is O=C(Nc1ccc(Br)cc1)c1ccc(-c2cccc3ccccc23)cc1. The van der Waals surface area contributed by atoms with E-state index < -0.39 is 0 Å². The van der Waals surface area contributed by atoms with E-state index in [-0.39, 0.29) is 5.91 Å². The summed E-state index contributed by atoms with van der Waals surface area (Å²) in [6.07, 6.45) is 0. The average Bonchev–Trinajstić information content (AvgIpc) is 2.69. The molecule has 4 rings (SSSR count). The fourth-order valence-electron chi connectivity index (χ4n) is 3.01. The molecule has 26 heavy (non-hydrogen) atoms. The molecule has 0 fully saturated rings. The van der Waals surface area contributed by atoms with Crippen LogP contribution in [0.3, 0.4) is 0 Å². The van der Waals surface area contributed by atoms with Crippen LogP contribution in [0.1, 0.15) is 10.4 Å². The lowest BCUT2D eigenvalue weighted by Gasteiger charge is -2.09. The molecule has 0 atom stereocenters. The van der Waals surface area contributed by atoms with Crippen LogP contribution in [0.5, 0.6) is 0 Å². The van der Waals surface area contributed by atoms with Crippen LogP contribution in [0.15, 0.2) is 95.5 Å². The number of carbonyl (C=O) groups excluding carboxylic acids is 1. The van der Waals surface area contributed by atoms with Gasteiger partial charge in [-0.15, -0.1) is 0 Å². The van der Waals surface area contributed by atoms with Gasteiger partial charge in [-0.1, -0.05) is 70.5 Å². The molecule has 0 saturated carbocycles. The Hall–Kier alpha value is -2.91. The van der Waals surface area contributed by atoms with E-state index in [0.717, 1.165) is 15.7 Å². The standard InChI is InChI=1S/C23H16BrNO/c24-19-12-14-20(15-13-19)25-23(26)18-10-8-17(9-11-18)22-7-3-5-16-4-1-2-6-21(16)22/h1-15H,(H,25,26). The van der Waals surface area contributed by atoms with Gasteiger partial charge in [0.05, 0.1) is 0 Å². The Kier molecular flexibility index (Phi) is 4.55. The zero-order valence-electron chi connectivity index (χ0n) is 13.9. The largest absolute Gasteiger partial charge is 0.322 e. The molecule has 2 nitrogen and oxygen atoms in total. The first-order valence-electron chi connectivity index (χ1n) is 8.36. The van der Waals surface area contributed by atoms with Gasteiger partial charge in [0.2, 0.25) is 0 Å². The monoisotopic (exact) mass is 401 g/mol. The van der Waals surface area contributed by atoms with E-state index in [0.29, 0.717) is 5.56 Å². The number of rotatable bonds is 3. The van der Waals surface area contributed by atoms with Crippen LogP contribution < -0.4 is 5.32 Å². The van der Waals surface area contributed by atoms with Gasteiger partial charge in [0.25, 0.3) is 5.91 Å². The maximum atomic E-state index is 12.4. The third-order valence-electron chi connectivity index (χ3n) is 4.35. The summed E-state index contributed by atoms with van der Waals surface area (Å²) in [5.41, 5.74) is 3.68. The normalized spacial score (nSPS) is 10.7. The topological polar surface area (TPSA) is 29.1 Å². The highest BCUT2D eigenvalue weighted by Crippen LogP contribution is 2.28. The Labute approximate surface area is 160 Å². The first-order valence-corrected chi connectivity index (χ1v) is 9.15. The summed E-state index contributed by atoms with van der Waals surface area (Å²) >= 11 is 3.39. The second kappa shape index (κ2) is 7.14. The number of amides is 1. The van der Waals surface area contributed by atoms with Crippen LogP contribution in [0.25, 0.3) is 21.9 Å². The summed E-state index contributed by atoms with van der Waals surface area (Å²) in [5.74, 6) is -0.114. The molecule has 0 aliphatic rings. The van der Waals surface area contributed by atoms with Crippen LogP contribution >= 0.6 is 15.9 Å². The molecular weight excluding hydrogens is 386 g/mol. The van der Waals surface area contributed by atoms with Gasteiger partial charge in [-0.3, -0.25) is 4.79 Å². The molecule has 0 radical (unpaired) electrons. The van der Waals surface area contributed by atoms with Crippen molar-refractivity contribution in [2.24, 2.45) is 0 Å². The number of hydrogen-bond acceptors (Lipinski definition) is 1. The van der Waals surface area contributed by atoms with Crippen molar-refractivity contribution < 1.29 is 4.79 Å². The zero-order chi connectivity index (χ0) is 17.9. The number of carbonyl (C=O) groups is 1. The lowest BCUT2D eigenvalue weighted by atomic mass is 9.97. The molecule has 3 heteroatoms. The van der Waals surface area contributed by atoms with Crippen LogP contribution in [-0.4, -0.2) is 5.91 Å². The van der Waals surface area contributed by atoms with Gasteiger partial charge in [0.1, 0.15) is 0 Å². The van der Waals surface area contributed by atoms with Crippen molar-refractivity contribution in [3.63, 3.8) is 0 Å². The molecule has 4 aromatic rings. The van der Waals surface area contributed by atoms with Gasteiger partial charge in [-0.25, -0.2) is 0 Å². The van der Waals surface area contributed by atoms with Gasteiger partial charge >= 0.3 is 0 Å². The maximum absolute atomic E-state index is 12.4. The summed E-state index contributed by atoms with van der Waals surface area (Å²) in [6, 6.07) is 29.9. The molecule has 0 unspecified atom stereocenters. The van der Waals surface area contributed by atoms with Crippen molar-refractivity contribution in [3.05, 3.63) is 101 Å². The minimum absolute atomic E-state index is 0.114. The van der Waals surface area contributed by atoms with Crippen molar-refractivity contribution in [1.82, 2.24) is 0 Å². The van der Waals surface area contributed by atoms with E-state index in [2.05, 4.69) is 51.6 Å². The molecule has 0 saturated heterocycles. The molecule has 1 N–H and O–H groups in total. The van der Waals surface area contributed by atoms with Crippen molar-refractivity contribution in [2.75, 3.05) is 5.32 Å². The summed E-state index contributed by atoms with van der Waals surface area (Å²) < 4.78 is 0.981. The molecule has 0 aromatic heterocycles. The van der Waals surface area contributed by atoms with Crippen LogP contribution in [-0.2, 0) is 0 Å². The van der Waals surface area contributed by atoms with Gasteiger partial charge < -0.3 is 5.32 Å². The molecule has 0 aliphatic heterocycles. The fourth-order valence-corrected chi connectivity index (χ4v) is 3.28. The number of benzene rings is 4. The Morgan fingerprint density at radius 2 is 1.42 bits per heavy atom. The molecule has 0 aliphatic carbocycles. The lowest BCUT2D eigenvalue weighted by Crippen LogP contribution is -2.11. The molecule has 0 heterocycles. The van der Waals surface area contributed by atoms with Gasteiger partial charge in [-0.05, 0) is 58.3 Å². The average molecular weight is 402 g/mol. The summed E-state index contributed by atoms with van der Waals surface area (Å²) in [6.45, 7) is 0. The molecule has 0 spiro atoms. The fraction of sp³-hybridized carbons (Fsp3) is 0. The Balaban J connectivity index is 1.60. The Morgan fingerprint density at radius 1 is 0.731 bits per heavy atom. The zero-order valence-corrected chi connectivity index (χ0v) is 15.5. The van der Waals surface area contributed by atoms with Gasteiger partial charge in [0, 0.05) is 15.7 Å². The van der Waals surface area contributed by atoms with Crippen LogP contribution in [0.4, 0.5) is 5.69 Å². The summed E-state index contributed by atoms with van der Waals surface area (Å²) in [7, 11) is 0. The minimum Gasteiger partial charge on any atom is -0.322 e. The third kappa shape index (κ3) is 3.39. The molecule has 126 valence electrons. The second-order valence-corrected chi connectivity index (χ2v) is 6.98.